The minimum absolute atomic E-state index is 0.0273. The Bertz CT molecular complexity index is 231. The quantitative estimate of drug-likeness (QED) is 0.686. The van der Waals surface area contributed by atoms with Gasteiger partial charge in [0.2, 0.25) is 0 Å². The van der Waals surface area contributed by atoms with E-state index in [0.29, 0.717) is 12.6 Å². The minimum Gasteiger partial charge on any atom is -0.381 e. The van der Waals surface area contributed by atoms with Crippen molar-refractivity contribution in [2.75, 3.05) is 45.9 Å². The monoisotopic (exact) mass is 225 g/mol. The van der Waals surface area contributed by atoms with Crippen molar-refractivity contribution in [3.63, 3.8) is 0 Å². The molecule has 0 bridgehead atoms. The third-order valence-electron chi connectivity index (χ3n) is 3.51. The summed E-state index contributed by atoms with van der Waals surface area (Å²) in [5.74, 6) is 0.0273. The van der Waals surface area contributed by atoms with Crippen LogP contribution in [-0.4, -0.2) is 67.6 Å². The topological polar surface area (TPSA) is 32.8 Å². The van der Waals surface area contributed by atoms with Crippen molar-refractivity contribution in [1.82, 2.24) is 9.80 Å². The lowest BCUT2D eigenvalue weighted by Crippen LogP contribution is -2.52. The molecule has 2 aliphatic rings. The molecule has 0 unspecified atom stereocenters. The number of ether oxygens (including phenoxy) is 1. The lowest BCUT2D eigenvalue weighted by Gasteiger charge is -2.40. The highest BCUT2D eigenvalue weighted by atomic mass is 16.5. The fraction of sp³-hybridized carbons (Fsp3) is 0.833. The van der Waals surface area contributed by atoms with Gasteiger partial charge in [0.15, 0.2) is 0 Å². The van der Waals surface area contributed by atoms with Crippen LogP contribution in [0, 0.1) is 6.92 Å². The average molecular weight is 225 g/mol. The molecule has 0 aromatic carbocycles. The first-order valence-corrected chi connectivity index (χ1v) is 6.14. The van der Waals surface area contributed by atoms with Gasteiger partial charge in [0.05, 0.1) is 6.54 Å². The highest BCUT2D eigenvalue weighted by molar-refractivity contribution is 5.84. The zero-order chi connectivity index (χ0) is 11.4. The van der Waals surface area contributed by atoms with E-state index in [0.717, 1.165) is 52.2 Å². The normalized spacial score (nSPS) is 25.8. The number of hydrogen-bond acceptors (Lipinski definition) is 4. The van der Waals surface area contributed by atoms with E-state index in [1.807, 2.05) is 0 Å². The second-order valence-corrected chi connectivity index (χ2v) is 4.69. The van der Waals surface area contributed by atoms with Gasteiger partial charge in [0.25, 0.3) is 0 Å². The number of ketones is 1. The van der Waals surface area contributed by atoms with E-state index in [-0.39, 0.29) is 5.78 Å². The molecule has 4 nitrogen and oxygen atoms in total. The van der Waals surface area contributed by atoms with Gasteiger partial charge in [-0.3, -0.25) is 14.6 Å². The number of carbonyl (C=O) groups excluding carboxylic acids is 1. The second kappa shape index (κ2) is 5.75. The van der Waals surface area contributed by atoms with E-state index in [1.165, 1.54) is 0 Å². The molecule has 91 valence electrons. The van der Waals surface area contributed by atoms with Gasteiger partial charge in [-0.05, 0) is 12.8 Å². The molecule has 0 aromatic rings. The summed E-state index contributed by atoms with van der Waals surface area (Å²) in [6, 6.07) is 0.700. The smallest absolute Gasteiger partial charge is 0.147 e. The Kier molecular flexibility index (Phi) is 4.32. The third kappa shape index (κ3) is 3.27. The minimum atomic E-state index is 0.0273. The van der Waals surface area contributed by atoms with E-state index in [4.69, 9.17) is 4.74 Å². The standard InChI is InChI=1S/C12H21N2O2/c1-11(15)10-13-4-6-14(7-5-13)12-2-8-16-9-3-12/h12H,1-10H2. The van der Waals surface area contributed by atoms with Crippen LogP contribution in [0.1, 0.15) is 12.8 Å². The zero-order valence-electron chi connectivity index (χ0n) is 9.86. The van der Waals surface area contributed by atoms with Crippen LogP contribution in [0.3, 0.4) is 0 Å². The summed E-state index contributed by atoms with van der Waals surface area (Å²) >= 11 is 0. The lowest BCUT2D eigenvalue weighted by atomic mass is 10.1. The number of carbonyl (C=O) groups is 1. The van der Waals surface area contributed by atoms with E-state index in [2.05, 4.69) is 16.7 Å². The summed E-state index contributed by atoms with van der Waals surface area (Å²) in [7, 11) is 0. The summed E-state index contributed by atoms with van der Waals surface area (Å²) in [6.07, 6.45) is 2.32. The van der Waals surface area contributed by atoms with Gasteiger partial charge in [-0.1, -0.05) is 0 Å². The number of rotatable bonds is 3. The van der Waals surface area contributed by atoms with Crippen LogP contribution in [0.5, 0.6) is 0 Å². The van der Waals surface area contributed by atoms with Gasteiger partial charge < -0.3 is 4.74 Å². The van der Waals surface area contributed by atoms with Gasteiger partial charge in [-0.2, -0.15) is 0 Å². The molecular weight excluding hydrogens is 204 g/mol. The molecule has 2 aliphatic heterocycles. The highest BCUT2D eigenvalue weighted by Crippen LogP contribution is 2.16. The molecule has 2 fully saturated rings. The molecule has 0 N–H and O–H groups in total. The Morgan fingerprint density at radius 1 is 1.19 bits per heavy atom. The van der Waals surface area contributed by atoms with E-state index >= 15 is 0 Å². The fourth-order valence-corrected chi connectivity index (χ4v) is 2.59. The van der Waals surface area contributed by atoms with Crippen molar-refractivity contribution >= 4 is 5.78 Å². The van der Waals surface area contributed by atoms with Crippen LogP contribution in [0.4, 0.5) is 0 Å². The van der Waals surface area contributed by atoms with Crippen LogP contribution >= 0.6 is 0 Å². The molecule has 0 aliphatic carbocycles. The number of hydrogen-bond donors (Lipinski definition) is 0. The summed E-state index contributed by atoms with van der Waals surface area (Å²) in [5.41, 5.74) is 0. The first-order valence-electron chi connectivity index (χ1n) is 6.14. The second-order valence-electron chi connectivity index (χ2n) is 4.69. The molecule has 0 amide bonds. The molecule has 2 rings (SSSR count). The first kappa shape index (κ1) is 12.0. The maximum absolute atomic E-state index is 10.9. The van der Waals surface area contributed by atoms with Crippen molar-refractivity contribution in [2.24, 2.45) is 0 Å². The molecule has 0 spiro atoms. The van der Waals surface area contributed by atoms with Gasteiger partial charge >= 0.3 is 0 Å². The maximum atomic E-state index is 10.9. The first-order chi connectivity index (χ1) is 7.75. The summed E-state index contributed by atoms with van der Waals surface area (Å²) in [4.78, 5) is 15.7. The van der Waals surface area contributed by atoms with Gasteiger partial charge in [-0.15, -0.1) is 0 Å². The summed E-state index contributed by atoms with van der Waals surface area (Å²) < 4.78 is 5.37. The van der Waals surface area contributed by atoms with Gasteiger partial charge in [0.1, 0.15) is 5.78 Å². The highest BCUT2D eigenvalue weighted by Gasteiger charge is 2.25. The van der Waals surface area contributed by atoms with Crippen molar-refractivity contribution in [2.45, 2.75) is 18.9 Å². The SMILES string of the molecule is [CH2]C(=O)CN1CCN(C2CCOCC2)CC1. The fourth-order valence-electron chi connectivity index (χ4n) is 2.59. The molecule has 4 heteroatoms. The molecule has 16 heavy (non-hydrogen) atoms. The molecule has 0 saturated carbocycles. The van der Waals surface area contributed by atoms with E-state index in [1.54, 1.807) is 0 Å². The maximum Gasteiger partial charge on any atom is 0.147 e. The Morgan fingerprint density at radius 2 is 1.81 bits per heavy atom. The predicted molar refractivity (Wildman–Crippen MR) is 62.2 cm³/mol. The molecule has 2 saturated heterocycles. The Morgan fingerprint density at radius 3 is 2.38 bits per heavy atom. The van der Waals surface area contributed by atoms with Crippen LogP contribution in [0.2, 0.25) is 0 Å². The molecule has 0 aromatic heterocycles. The molecule has 0 atom stereocenters. The van der Waals surface area contributed by atoms with Crippen LogP contribution in [-0.2, 0) is 9.53 Å². The van der Waals surface area contributed by atoms with Crippen molar-refractivity contribution < 1.29 is 9.53 Å². The Balaban J connectivity index is 1.73. The average Bonchev–Trinajstić information content (AvgIpc) is 2.30. The van der Waals surface area contributed by atoms with Crippen molar-refractivity contribution in [3.8, 4) is 0 Å². The Labute approximate surface area is 97.5 Å². The molecule has 1 radical (unpaired) electrons. The number of Topliss-reactive ketones (excluding diaryl/α,β-unsaturated/α-hetero) is 1. The predicted octanol–water partition coefficient (Wildman–Crippen LogP) is 0.186. The van der Waals surface area contributed by atoms with Crippen LogP contribution in [0.25, 0.3) is 0 Å². The number of piperazine rings is 1. The Hall–Kier alpha value is -0.450. The third-order valence-corrected chi connectivity index (χ3v) is 3.51. The zero-order valence-corrected chi connectivity index (χ0v) is 9.86. The lowest BCUT2D eigenvalue weighted by molar-refractivity contribution is -0.116. The van der Waals surface area contributed by atoms with Crippen molar-refractivity contribution in [3.05, 3.63) is 6.92 Å². The van der Waals surface area contributed by atoms with E-state index in [9.17, 15) is 4.79 Å². The summed E-state index contributed by atoms with van der Waals surface area (Å²) in [5, 5.41) is 0. The summed E-state index contributed by atoms with van der Waals surface area (Å²) in [6.45, 7) is 9.92. The van der Waals surface area contributed by atoms with Crippen LogP contribution in [0.15, 0.2) is 0 Å². The van der Waals surface area contributed by atoms with Crippen molar-refractivity contribution in [1.29, 1.82) is 0 Å². The van der Waals surface area contributed by atoms with Crippen LogP contribution < -0.4 is 0 Å². The van der Waals surface area contributed by atoms with Gasteiger partial charge in [0, 0.05) is 52.4 Å². The number of nitrogens with zero attached hydrogens (tertiary/aromatic N) is 2. The van der Waals surface area contributed by atoms with Gasteiger partial charge in [-0.25, -0.2) is 0 Å². The largest absolute Gasteiger partial charge is 0.381 e. The molecular formula is C12H21N2O2. The molecule has 2 heterocycles. The van der Waals surface area contributed by atoms with E-state index < -0.39 is 0 Å².